The smallest absolute Gasteiger partial charge is 0.0896 e. The second-order valence-electron chi connectivity index (χ2n) is 7.70. The molecule has 2 fully saturated rings. The molecule has 2 aliphatic rings. The molecule has 1 N–H and O–H groups in total. The second kappa shape index (κ2) is 8.66. The van der Waals surface area contributed by atoms with Crippen molar-refractivity contribution in [1.82, 2.24) is 4.90 Å². The molecule has 0 spiro atoms. The number of rotatable bonds is 3. The van der Waals surface area contributed by atoms with Crippen molar-refractivity contribution in [2.24, 2.45) is 0 Å². The van der Waals surface area contributed by atoms with E-state index in [0.717, 1.165) is 36.3 Å². The largest absolute Gasteiger partial charge is 0.385 e. The van der Waals surface area contributed by atoms with Crippen LogP contribution in [0.3, 0.4) is 0 Å². The molecule has 1 aliphatic carbocycles. The van der Waals surface area contributed by atoms with Crippen LogP contribution in [0.1, 0.15) is 54.7 Å². The first-order chi connectivity index (χ1) is 12.6. The van der Waals surface area contributed by atoms with E-state index in [4.69, 9.17) is 0 Å². The summed E-state index contributed by atoms with van der Waals surface area (Å²) in [5.41, 5.74) is 3.14. The van der Waals surface area contributed by atoms with Crippen molar-refractivity contribution < 1.29 is 5.11 Å². The van der Waals surface area contributed by atoms with Gasteiger partial charge >= 0.3 is 0 Å². The zero-order chi connectivity index (χ0) is 18.4. The van der Waals surface area contributed by atoms with Gasteiger partial charge in [0, 0.05) is 0 Å². The maximum atomic E-state index is 10.0. The maximum Gasteiger partial charge on any atom is 0.0896 e. The summed E-state index contributed by atoms with van der Waals surface area (Å²) in [5.74, 6) is 0.803. The summed E-state index contributed by atoms with van der Waals surface area (Å²) in [6, 6.07) is 18.9. The standard InChI is InChI=1S/C12H17N.C12H14O/c1-13-9-7-12(8-10-13)11-5-3-2-4-6-11;1-2-10-4-6-11(7-5-10)12(13)8-3-9-12/h2-6,12H,7-10H2,1H3;2,4-7,13H,1,3,8-9H2. The highest BCUT2D eigenvalue weighted by molar-refractivity contribution is 5.47. The molecule has 0 atom stereocenters. The highest BCUT2D eigenvalue weighted by Gasteiger charge is 2.35. The quantitative estimate of drug-likeness (QED) is 0.823. The van der Waals surface area contributed by atoms with Crippen LogP contribution in [-0.4, -0.2) is 30.1 Å². The molecule has 138 valence electrons. The first-order valence-electron chi connectivity index (χ1n) is 9.79. The van der Waals surface area contributed by atoms with Crippen molar-refractivity contribution >= 4 is 6.08 Å². The van der Waals surface area contributed by atoms with Gasteiger partial charge in [-0.1, -0.05) is 67.3 Å². The fourth-order valence-corrected chi connectivity index (χ4v) is 3.80. The van der Waals surface area contributed by atoms with Crippen molar-refractivity contribution in [3.8, 4) is 0 Å². The van der Waals surface area contributed by atoms with Gasteiger partial charge in [-0.3, -0.25) is 0 Å². The van der Waals surface area contributed by atoms with E-state index in [1.807, 2.05) is 30.3 Å². The third-order valence-corrected chi connectivity index (χ3v) is 5.85. The maximum absolute atomic E-state index is 10.0. The van der Waals surface area contributed by atoms with Crippen LogP contribution in [0.2, 0.25) is 0 Å². The van der Waals surface area contributed by atoms with E-state index < -0.39 is 5.60 Å². The topological polar surface area (TPSA) is 23.5 Å². The Labute approximate surface area is 158 Å². The first kappa shape index (κ1) is 18.9. The van der Waals surface area contributed by atoms with E-state index in [1.165, 1.54) is 31.5 Å². The molecule has 0 amide bonds. The fraction of sp³-hybridized carbons (Fsp3) is 0.417. The summed E-state index contributed by atoms with van der Waals surface area (Å²) < 4.78 is 0. The molecule has 2 nitrogen and oxygen atoms in total. The fourth-order valence-electron chi connectivity index (χ4n) is 3.80. The van der Waals surface area contributed by atoms with Gasteiger partial charge in [-0.25, -0.2) is 0 Å². The van der Waals surface area contributed by atoms with Crippen LogP contribution in [-0.2, 0) is 5.60 Å². The van der Waals surface area contributed by atoms with Gasteiger partial charge in [0.2, 0.25) is 0 Å². The average molecular weight is 350 g/mol. The Morgan fingerprint density at radius 3 is 2.12 bits per heavy atom. The zero-order valence-electron chi connectivity index (χ0n) is 15.9. The molecule has 2 aromatic carbocycles. The number of piperidine rings is 1. The van der Waals surface area contributed by atoms with E-state index in [2.05, 4.69) is 48.9 Å². The third-order valence-electron chi connectivity index (χ3n) is 5.85. The van der Waals surface area contributed by atoms with Crippen LogP contribution in [0.5, 0.6) is 0 Å². The van der Waals surface area contributed by atoms with Crippen molar-refractivity contribution in [1.29, 1.82) is 0 Å². The van der Waals surface area contributed by atoms with Gasteiger partial charge in [-0.05, 0) is 74.8 Å². The minimum atomic E-state index is -0.528. The Hall–Kier alpha value is -1.90. The summed E-state index contributed by atoms with van der Waals surface area (Å²) >= 11 is 0. The highest BCUT2D eigenvalue weighted by Crippen LogP contribution is 2.40. The third kappa shape index (κ3) is 4.63. The highest BCUT2D eigenvalue weighted by atomic mass is 16.3. The molecule has 1 saturated carbocycles. The lowest BCUT2D eigenvalue weighted by Gasteiger charge is -2.37. The second-order valence-corrected chi connectivity index (χ2v) is 7.70. The van der Waals surface area contributed by atoms with Crippen LogP contribution in [0.15, 0.2) is 61.2 Å². The van der Waals surface area contributed by atoms with Crippen LogP contribution in [0, 0.1) is 0 Å². The molecular weight excluding hydrogens is 318 g/mol. The van der Waals surface area contributed by atoms with Gasteiger partial charge in [0.05, 0.1) is 5.60 Å². The molecular formula is C24H31NO. The minimum absolute atomic E-state index is 0.528. The Morgan fingerprint density at radius 1 is 1.00 bits per heavy atom. The normalized spacial score (nSPS) is 19.8. The molecule has 4 rings (SSSR count). The molecule has 0 unspecified atom stereocenters. The van der Waals surface area contributed by atoms with E-state index in [9.17, 15) is 5.11 Å². The Kier molecular flexibility index (Phi) is 6.29. The molecule has 0 bridgehead atoms. The molecule has 0 aromatic heterocycles. The molecule has 1 heterocycles. The lowest BCUT2D eigenvalue weighted by atomic mass is 9.75. The molecule has 26 heavy (non-hydrogen) atoms. The number of benzene rings is 2. The first-order valence-corrected chi connectivity index (χ1v) is 9.79. The van der Waals surface area contributed by atoms with Crippen LogP contribution < -0.4 is 0 Å². The van der Waals surface area contributed by atoms with E-state index >= 15 is 0 Å². The number of hydrogen-bond donors (Lipinski definition) is 1. The van der Waals surface area contributed by atoms with Crippen molar-refractivity contribution in [3.05, 3.63) is 77.9 Å². The molecule has 2 aromatic rings. The van der Waals surface area contributed by atoms with Crippen LogP contribution >= 0.6 is 0 Å². The zero-order valence-corrected chi connectivity index (χ0v) is 15.9. The summed E-state index contributed by atoms with van der Waals surface area (Å²) in [6.45, 7) is 6.19. The lowest BCUT2D eigenvalue weighted by Crippen LogP contribution is -2.33. The van der Waals surface area contributed by atoms with Gasteiger partial charge in [0.1, 0.15) is 0 Å². The van der Waals surface area contributed by atoms with Crippen LogP contribution in [0.25, 0.3) is 6.08 Å². The average Bonchev–Trinajstić information content (AvgIpc) is 2.68. The SMILES string of the molecule is C=Cc1ccc(C2(O)CCC2)cc1.CN1CCC(c2ccccc2)CC1. The number of likely N-dealkylation sites (tertiary alicyclic amines) is 1. The number of nitrogens with zero attached hydrogens (tertiary/aromatic N) is 1. The molecule has 1 saturated heterocycles. The minimum Gasteiger partial charge on any atom is -0.385 e. The van der Waals surface area contributed by atoms with Crippen LogP contribution in [0.4, 0.5) is 0 Å². The molecule has 1 aliphatic heterocycles. The van der Waals surface area contributed by atoms with E-state index in [0.29, 0.717) is 0 Å². The Morgan fingerprint density at radius 2 is 1.62 bits per heavy atom. The van der Waals surface area contributed by atoms with Gasteiger partial charge in [-0.15, -0.1) is 0 Å². The summed E-state index contributed by atoms with van der Waals surface area (Å²) in [5, 5.41) is 10.0. The van der Waals surface area contributed by atoms with Crippen molar-refractivity contribution in [2.45, 2.75) is 43.6 Å². The Bertz CT molecular complexity index is 680. The summed E-state index contributed by atoms with van der Waals surface area (Å²) in [4.78, 5) is 2.42. The van der Waals surface area contributed by atoms with Gasteiger partial charge in [-0.2, -0.15) is 0 Å². The van der Waals surface area contributed by atoms with E-state index in [1.54, 1.807) is 0 Å². The van der Waals surface area contributed by atoms with E-state index in [-0.39, 0.29) is 0 Å². The van der Waals surface area contributed by atoms with Gasteiger partial charge in [0.25, 0.3) is 0 Å². The summed E-state index contributed by atoms with van der Waals surface area (Å²) in [7, 11) is 2.21. The predicted octanol–water partition coefficient (Wildman–Crippen LogP) is 5.20. The lowest BCUT2D eigenvalue weighted by molar-refractivity contribution is -0.0387. The van der Waals surface area contributed by atoms with Crippen molar-refractivity contribution in [2.75, 3.05) is 20.1 Å². The van der Waals surface area contributed by atoms with Gasteiger partial charge < -0.3 is 10.0 Å². The van der Waals surface area contributed by atoms with Crippen molar-refractivity contribution in [3.63, 3.8) is 0 Å². The Balaban J connectivity index is 0.000000151. The van der Waals surface area contributed by atoms with Gasteiger partial charge in [0.15, 0.2) is 0 Å². The predicted molar refractivity (Wildman–Crippen MR) is 110 cm³/mol. The molecule has 2 heteroatoms. The monoisotopic (exact) mass is 349 g/mol. The number of aliphatic hydroxyl groups is 1. The molecule has 0 radical (unpaired) electrons. The number of hydrogen-bond acceptors (Lipinski definition) is 2. The summed E-state index contributed by atoms with van der Waals surface area (Å²) in [6.07, 6.45) is 7.40.